The quantitative estimate of drug-likeness (QED) is 0.426. The van der Waals surface area contributed by atoms with Crippen molar-refractivity contribution in [2.75, 3.05) is 19.8 Å². The Morgan fingerprint density at radius 2 is 2.29 bits per heavy atom. The van der Waals surface area contributed by atoms with Crippen LogP contribution in [-0.2, 0) is 14.3 Å². The van der Waals surface area contributed by atoms with Gasteiger partial charge in [-0.1, -0.05) is 0 Å². The second-order valence-corrected chi connectivity index (χ2v) is 4.81. The van der Waals surface area contributed by atoms with Crippen LogP contribution in [0.4, 0.5) is 0 Å². The van der Waals surface area contributed by atoms with Crippen molar-refractivity contribution in [3.8, 4) is 0 Å². The molecule has 2 rings (SSSR count). The predicted octanol–water partition coefficient (Wildman–Crippen LogP) is -1.60. The van der Waals surface area contributed by atoms with E-state index in [-0.39, 0.29) is 25.9 Å². The van der Waals surface area contributed by atoms with Crippen LogP contribution in [-0.4, -0.2) is 46.7 Å². The van der Waals surface area contributed by atoms with Gasteiger partial charge < -0.3 is 19.4 Å². The molecule has 0 amide bonds. The van der Waals surface area contributed by atoms with Gasteiger partial charge >= 0.3 is 5.69 Å². The molecule has 1 saturated heterocycles. The summed E-state index contributed by atoms with van der Waals surface area (Å²) in [7, 11) is 0. The number of H-pyrrole nitrogens is 1. The number of hydrogen-bond donors (Lipinski definition) is 3. The highest BCUT2D eigenvalue weighted by molar-refractivity contribution is 5.02. The van der Waals surface area contributed by atoms with E-state index >= 15 is 0 Å². The summed E-state index contributed by atoms with van der Waals surface area (Å²) in [5, 5.41) is 9.32. The summed E-state index contributed by atoms with van der Waals surface area (Å²) in [6, 6.07) is 0. The Bertz CT molecular complexity index is 583. The summed E-state index contributed by atoms with van der Waals surface area (Å²) in [5.74, 6) is 4.91. The van der Waals surface area contributed by atoms with Crippen molar-refractivity contribution < 1.29 is 19.4 Å². The molecule has 0 unspecified atom stereocenters. The summed E-state index contributed by atoms with van der Waals surface area (Å²) in [5.41, 5.74) is -0.585. The Labute approximate surface area is 120 Å². The molecule has 21 heavy (non-hydrogen) atoms. The molecule has 1 aliphatic rings. The molecule has 1 fully saturated rings. The molecule has 1 aromatic rings. The van der Waals surface area contributed by atoms with Gasteiger partial charge in [0.1, 0.15) is 12.3 Å². The first-order valence-corrected chi connectivity index (χ1v) is 6.58. The van der Waals surface area contributed by atoms with E-state index < -0.39 is 23.6 Å². The summed E-state index contributed by atoms with van der Waals surface area (Å²) in [4.78, 5) is 29.8. The molecular weight excluding hydrogens is 282 g/mol. The van der Waals surface area contributed by atoms with Crippen LogP contribution in [0.3, 0.4) is 0 Å². The molecule has 0 aromatic carbocycles. The average molecular weight is 301 g/mol. The minimum atomic E-state index is -0.603. The van der Waals surface area contributed by atoms with Crippen molar-refractivity contribution in [3.63, 3.8) is 0 Å². The number of aryl methyl sites for hydroxylation is 1. The van der Waals surface area contributed by atoms with E-state index in [4.69, 9.17) is 15.4 Å². The van der Waals surface area contributed by atoms with Gasteiger partial charge in [-0.2, -0.15) is 0 Å². The van der Waals surface area contributed by atoms with Crippen LogP contribution in [0.1, 0.15) is 18.2 Å². The van der Waals surface area contributed by atoms with Crippen molar-refractivity contribution in [2.24, 2.45) is 5.90 Å². The average Bonchev–Trinajstić information content (AvgIpc) is 2.86. The van der Waals surface area contributed by atoms with Crippen LogP contribution in [0.2, 0.25) is 0 Å². The summed E-state index contributed by atoms with van der Waals surface area (Å²) < 4.78 is 12.4. The van der Waals surface area contributed by atoms with Crippen LogP contribution in [0, 0.1) is 6.92 Å². The van der Waals surface area contributed by atoms with Gasteiger partial charge in [-0.3, -0.25) is 14.3 Å². The first kappa shape index (κ1) is 15.9. The maximum atomic E-state index is 11.8. The molecule has 1 aromatic heterocycles. The van der Waals surface area contributed by atoms with Gasteiger partial charge in [0, 0.05) is 18.2 Å². The van der Waals surface area contributed by atoms with Gasteiger partial charge in [0.25, 0.3) is 5.56 Å². The van der Waals surface area contributed by atoms with E-state index in [0.29, 0.717) is 12.0 Å². The molecule has 0 saturated carbocycles. The minimum absolute atomic E-state index is 0.219. The number of rotatable bonds is 6. The predicted molar refractivity (Wildman–Crippen MR) is 71.6 cm³/mol. The van der Waals surface area contributed by atoms with Crippen molar-refractivity contribution >= 4 is 0 Å². The van der Waals surface area contributed by atoms with Gasteiger partial charge in [-0.15, -0.1) is 0 Å². The first-order valence-electron chi connectivity index (χ1n) is 6.58. The van der Waals surface area contributed by atoms with E-state index in [1.54, 1.807) is 6.92 Å². The molecule has 118 valence electrons. The Kier molecular flexibility index (Phi) is 5.26. The summed E-state index contributed by atoms with van der Waals surface area (Å²) >= 11 is 0. The van der Waals surface area contributed by atoms with E-state index in [1.165, 1.54) is 10.8 Å². The topological polar surface area (TPSA) is 129 Å². The van der Waals surface area contributed by atoms with Crippen molar-refractivity contribution in [1.29, 1.82) is 0 Å². The number of hydrogen-bond acceptors (Lipinski definition) is 7. The van der Waals surface area contributed by atoms with E-state index in [0.717, 1.165) is 0 Å². The molecule has 3 atom stereocenters. The van der Waals surface area contributed by atoms with Crippen molar-refractivity contribution in [2.45, 2.75) is 31.8 Å². The molecule has 0 aliphatic carbocycles. The molecule has 4 N–H and O–H groups in total. The maximum Gasteiger partial charge on any atom is 0.330 e. The number of nitrogens with zero attached hydrogens (tertiary/aromatic N) is 1. The third-order valence-corrected chi connectivity index (χ3v) is 3.35. The maximum absolute atomic E-state index is 11.8. The van der Waals surface area contributed by atoms with Crippen molar-refractivity contribution in [1.82, 2.24) is 9.55 Å². The lowest BCUT2D eigenvalue weighted by molar-refractivity contribution is -0.0699. The smallest absolute Gasteiger partial charge is 0.330 e. The number of aromatic amines is 1. The molecule has 1 aliphatic heterocycles. The Hall–Kier alpha value is -1.52. The van der Waals surface area contributed by atoms with Crippen LogP contribution in [0.15, 0.2) is 15.8 Å². The molecule has 0 bridgehead atoms. The molecule has 9 heteroatoms. The van der Waals surface area contributed by atoms with Gasteiger partial charge in [-0.25, -0.2) is 10.7 Å². The Morgan fingerprint density at radius 1 is 1.52 bits per heavy atom. The molecule has 2 heterocycles. The molecule has 9 nitrogen and oxygen atoms in total. The fourth-order valence-corrected chi connectivity index (χ4v) is 2.26. The van der Waals surface area contributed by atoms with Crippen LogP contribution in [0.5, 0.6) is 0 Å². The van der Waals surface area contributed by atoms with Gasteiger partial charge in [0.15, 0.2) is 0 Å². The number of aromatic nitrogens is 2. The van der Waals surface area contributed by atoms with Crippen LogP contribution >= 0.6 is 0 Å². The monoisotopic (exact) mass is 301 g/mol. The molecule has 0 spiro atoms. The van der Waals surface area contributed by atoms with Gasteiger partial charge in [0.05, 0.1) is 25.9 Å². The highest BCUT2D eigenvalue weighted by Gasteiger charge is 2.37. The van der Waals surface area contributed by atoms with Crippen LogP contribution < -0.4 is 17.1 Å². The minimum Gasteiger partial charge on any atom is -0.394 e. The zero-order valence-electron chi connectivity index (χ0n) is 11.7. The number of nitrogens with two attached hydrogens (primary N) is 1. The highest BCUT2D eigenvalue weighted by atomic mass is 16.6. The fraction of sp³-hybridized carbons (Fsp3) is 0.667. The molecule has 0 radical (unpaired) electrons. The van der Waals surface area contributed by atoms with E-state index in [1.807, 2.05) is 0 Å². The van der Waals surface area contributed by atoms with Crippen molar-refractivity contribution in [3.05, 3.63) is 32.6 Å². The van der Waals surface area contributed by atoms with E-state index in [9.17, 15) is 14.7 Å². The SMILES string of the molecule is Cc1cn([C@H]2C[C@H](OCCON)[C@@H](CO)O2)c(=O)[nH]c1=O. The second-order valence-electron chi connectivity index (χ2n) is 4.81. The first-order chi connectivity index (χ1) is 10.1. The Morgan fingerprint density at radius 3 is 2.95 bits per heavy atom. The molecular formula is C12H19N3O6. The standard InChI is InChI=1S/C12H19N3O6/c1-7-5-15(12(18)14-11(7)17)10-4-8(9(6-16)21-10)19-2-3-20-13/h5,8-10,16H,2-4,6,13H2,1H3,(H,14,17,18)/t8-,9+,10+/m0/s1. The summed E-state index contributed by atoms with van der Waals surface area (Å²) in [6.07, 6.45) is 0.280. The zero-order chi connectivity index (χ0) is 15.4. The van der Waals surface area contributed by atoms with E-state index in [2.05, 4.69) is 9.82 Å². The third kappa shape index (κ3) is 3.57. The van der Waals surface area contributed by atoms with Crippen LogP contribution in [0.25, 0.3) is 0 Å². The third-order valence-electron chi connectivity index (χ3n) is 3.35. The highest BCUT2D eigenvalue weighted by Crippen LogP contribution is 2.29. The second kappa shape index (κ2) is 6.96. The zero-order valence-corrected chi connectivity index (χ0v) is 11.7. The lowest BCUT2D eigenvalue weighted by Crippen LogP contribution is -2.33. The van der Waals surface area contributed by atoms with Gasteiger partial charge in [-0.05, 0) is 6.92 Å². The lowest BCUT2D eigenvalue weighted by Gasteiger charge is -2.16. The largest absolute Gasteiger partial charge is 0.394 e. The van der Waals surface area contributed by atoms with Gasteiger partial charge in [0.2, 0.25) is 0 Å². The number of nitrogens with one attached hydrogen (secondary N) is 1. The number of aliphatic hydroxyl groups excluding tert-OH is 1. The number of ether oxygens (including phenoxy) is 2. The fourth-order valence-electron chi connectivity index (χ4n) is 2.26. The summed E-state index contributed by atoms with van der Waals surface area (Å²) in [6.45, 7) is 1.84. The Balaban J connectivity index is 2.13. The lowest BCUT2D eigenvalue weighted by atomic mass is 10.2. The number of aliphatic hydroxyl groups is 1. The normalized spacial score (nSPS) is 25.4.